The lowest BCUT2D eigenvalue weighted by Crippen LogP contribution is -2.48. The summed E-state index contributed by atoms with van der Waals surface area (Å²) < 4.78 is 7.02. The van der Waals surface area contributed by atoms with Crippen molar-refractivity contribution in [1.29, 1.82) is 0 Å². The van der Waals surface area contributed by atoms with Crippen molar-refractivity contribution in [2.45, 2.75) is 33.0 Å². The molecule has 37 heavy (non-hydrogen) atoms. The number of tetrazole rings is 1. The highest BCUT2D eigenvalue weighted by Gasteiger charge is 2.32. The lowest BCUT2D eigenvalue weighted by atomic mass is 10.00. The molecule has 1 aliphatic rings. The number of rotatable bonds is 8. The van der Waals surface area contributed by atoms with Gasteiger partial charge in [-0.3, -0.25) is 14.6 Å². The highest BCUT2D eigenvalue weighted by molar-refractivity contribution is 6.30. The first-order valence-corrected chi connectivity index (χ1v) is 12.9. The molecule has 1 N–H and O–H groups in total. The van der Waals surface area contributed by atoms with Crippen LogP contribution in [0.15, 0.2) is 47.3 Å². The summed E-state index contributed by atoms with van der Waals surface area (Å²) in [6.07, 6.45) is 0. The van der Waals surface area contributed by atoms with Crippen LogP contribution in [-0.4, -0.2) is 74.9 Å². The molecule has 0 bridgehead atoms. The number of ether oxygens (including phenoxy) is 1. The first-order chi connectivity index (χ1) is 17.9. The summed E-state index contributed by atoms with van der Waals surface area (Å²) in [5.41, 5.74) is 4.84. The molecule has 0 spiro atoms. The van der Waals surface area contributed by atoms with Crippen LogP contribution in [0.5, 0.6) is 0 Å². The van der Waals surface area contributed by atoms with Gasteiger partial charge in [-0.25, -0.2) is 4.68 Å². The van der Waals surface area contributed by atoms with Crippen molar-refractivity contribution in [3.8, 4) is 0 Å². The first-order valence-electron chi connectivity index (χ1n) is 12.5. The second-order valence-electron chi connectivity index (χ2n) is 9.69. The Hall–Kier alpha value is -3.11. The summed E-state index contributed by atoms with van der Waals surface area (Å²) in [6.45, 7) is 9.22. The smallest absolute Gasteiger partial charge is 0.253 e. The molecule has 0 amide bonds. The number of methoxy groups -OCH3 is 1. The quantitative estimate of drug-likeness (QED) is 0.380. The number of fused-ring (bicyclic) bond motifs is 1. The number of hydrogen-bond acceptors (Lipinski definition) is 7. The standard InChI is InChI=1S/C27H32ClN7O2/c1-18-14-19(2)24-21(15-18)16-23(27(36)29-24)25(26-30-31-32-35(26)12-13-37-3)34-10-8-33(9-11-34)17-20-4-6-22(28)7-5-20/h4-7,14-16,25H,8-13,17H2,1-3H3,(H,29,36)/t25-/m0/s1. The third-order valence-corrected chi connectivity index (χ3v) is 7.27. The second kappa shape index (κ2) is 11.1. The van der Waals surface area contributed by atoms with Gasteiger partial charge in [0.15, 0.2) is 5.82 Å². The highest BCUT2D eigenvalue weighted by Crippen LogP contribution is 2.29. The van der Waals surface area contributed by atoms with Crippen molar-refractivity contribution < 1.29 is 4.74 Å². The van der Waals surface area contributed by atoms with Crippen molar-refractivity contribution in [2.75, 3.05) is 39.9 Å². The molecule has 10 heteroatoms. The van der Waals surface area contributed by atoms with E-state index in [1.807, 2.05) is 25.1 Å². The van der Waals surface area contributed by atoms with Gasteiger partial charge in [-0.05, 0) is 65.1 Å². The number of benzene rings is 2. The fourth-order valence-electron chi connectivity index (χ4n) is 5.18. The van der Waals surface area contributed by atoms with Crippen LogP contribution in [0, 0.1) is 13.8 Å². The van der Waals surface area contributed by atoms with Crippen LogP contribution >= 0.6 is 11.6 Å². The molecule has 4 aromatic rings. The summed E-state index contributed by atoms with van der Waals surface area (Å²) in [4.78, 5) is 21.4. The van der Waals surface area contributed by atoms with Gasteiger partial charge in [0, 0.05) is 50.4 Å². The zero-order chi connectivity index (χ0) is 25.9. The molecular weight excluding hydrogens is 490 g/mol. The zero-order valence-electron chi connectivity index (χ0n) is 21.4. The Morgan fingerprint density at radius 3 is 2.57 bits per heavy atom. The van der Waals surface area contributed by atoms with Gasteiger partial charge in [0.2, 0.25) is 0 Å². The average Bonchev–Trinajstić information content (AvgIpc) is 3.34. The van der Waals surface area contributed by atoms with E-state index in [0.717, 1.165) is 59.8 Å². The van der Waals surface area contributed by atoms with Crippen molar-refractivity contribution in [3.63, 3.8) is 0 Å². The van der Waals surface area contributed by atoms with Gasteiger partial charge < -0.3 is 9.72 Å². The largest absolute Gasteiger partial charge is 0.383 e. The van der Waals surface area contributed by atoms with E-state index in [-0.39, 0.29) is 11.6 Å². The highest BCUT2D eigenvalue weighted by atomic mass is 35.5. The number of aromatic amines is 1. The van der Waals surface area contributed by atoms with Gasteiger partial charge in [-0.1, -0.05) is 35.4 Å². The van der Waals surface area contributed by atoms with Gasteiger partial charge in [-0.2, -0.15) is 0 Å². The predicted octanol–water partition coefficient (Wildman–Crippen LogP) is 3.34. The van der Waals surface area contributed by atoms with E-state index in [4.69, 9.17) is 16.3 Å². The number of nitrogens with zero attached hydrogens (tertiary/aromatic N) is 6. The average molecular weight is 522 g/mol. The molecule has 0 saturated carbocycles. The van der Waals surface area contributed by atoms with Crippen LogP contribution in [0.2, 0.25) is 5.02 Å². The van der Waals surface area contributed by atoms with E-state index in [1.54, 1.807) is 11.8 Å². The molecule has 1 atom stereocenters. The molecular formula is C27H32ClN7O2. The van der Waals surface area contributed by atoms with Crippen molar-refractivity contribution in [1.82, 2.24) is 35.0 Å². The number of halogens is 1. The number of H-pyrrole nitrogens is 1. The number of aryl methyl sites for hydroxylation is 2. The van der Waals surface area contributed by atoms with Crippen molar-refractivity contribution >= 4 is 22.5 Å². The van der Waals surface area contributed by atoms with Gasteiger partial charge in [0.1, 0.15) is 6.04 Å². The molecule has 3 heterocycles. The lowest BCUT2D eigenvalue weighted by Gasteiger charge is -2.38. The fraction of sp³-hybridized carbons (Fsp3) is 0.407. The minimum absolute atomic E-state index is 0.116. The minimum atomic E-state index is -0.376. The minimum Gasteiger partial charge on any atom is -0.383 e. The van der Waals surface area contributed by atoms with Crippen LogP contribution in [0.4, 0.5) is 0 Å². The molecule has 1 aliphatic heterocycles. The monoisotopic (exact) mass is 521 g/mol. The van der Waals surface area contributed by atoms with Crippen LogP contribution in [-0.2, 0) is 17.8 Å². The molecule has 1 saturated heterocycles. The van der Waals surface area contributed by atoms with Gasteiger partial charge in [-0.15, -0.1) is 5.10 Å². The Kier molecular flexibility index (Phi) is 7.66. The molecule has 2 aromatic heterocycles. The number of nitrogens with one attached hydrogen (secondary N) is 1. The van der Waals surface area contributed by atoms with E-state index in [1.165, 1.54) is 5.56 Å². The molecule has 9 nitrogen and oxygen atoms in total. The number of pyridine rings is 1. The Balaban J connectivity index is 1.47. The summed E-state index contributed by atoms with van der Waals surface area (Å²) in [7, 11) is 1.65. The molecule has 5 rings (SSSR count). The summed E-state index contributed by atoms with van der Waals surface area (Å²) in [5.74, 6) is 0.650. The Labute approximate surface area is 221 Å². The summed E-state index contributed by atoms with van der Waals surface area (Å²) in [5, 5.41) is 14.3. The van der Waals surface area contributed by atoms with Crippen LogP contribution < -0.4 is 5.56 Å². The number of hydrogen-bond donors (Lipinski definition) is 1. The zero-order valence-corrected chi connectivity index (χ0v) is 22.2. The molecule has 1 fully saturated rings. The Morgan fingerprint density at radius 2 is 1.84 bits per heavy atom. The normalized spacial score (nSPS) is 15.9. The van der Waals surface area contributed by atoms with E-state index in [0.29, 0.717) is 24.5 Å². The maximum absolute atomic E-state index is 13.5. The molecule has 0 radical (unpaired) electrons. The van der Waals surface area contributed by atoms with Crippen LogP contribution in [0.25, 0.3) is 10.9 Å². The predicted molar refractivity (Wildman–Crippen MR) is 144 cm³/mol. The molecule has 0 unspecified atom stereocenters. The van der Waals surface area contributed by atoms with E-state index < -0.39 is 0 Å². The maximum Gasteiger partial charge on any atom is 0.253 e. The van der Waals surface area contributed by atoms with Gasteiger partial charge in [0.25, 0.3) is 5.56 Å². The van der Waals surface area contributed by atoms with Crippen molar-refractivity contribution in [2.24, 2.45) is 0 Å². The Morgan fingerprint density at radius 1 is 1.08 bits per heavy atom. The summed E-state index contributed by atoms with van der Waals surface area (Å²) in [6, 6.07) is 13.8. The molecule has 0 aliphatic carbocycles. The van der Waals surface area contributed by atoms with Gasteiger partial charge in [0.05, 0.1) is 18.7 Å². The first kappa shape index (κ1) is 25.5. The van der Waals surface area contributed by atoms with Gasteiger partial charge >= 0.3 is 0 Å². The number of aromatic nitrogens is 5. The third-order valence-electron chi connectivity index (χ3n) is 7.02. The second-order valence-corrected chi connectivity index (χ2v) is 10.1. The third kappa shape index (κ3) is 5.60. The Bertz CT molecular complexity index is 1430. The topological polar surface area (TPSA) is 92.2 Å². The summed E-state index contributed by atoms with van der Waals surface area (Å²) >= 11 is 6.05. The maximum atomic E-state index is 13.5. The van der Waals surface area contributed by atoms with Crippen LogP contribution in [0.1, 0.15) is 34.1 Å². The van der Waals surface area contributed by atoms with E-state index in [2.05, 4.69) is 61.5 Å². The van der Waals surface area contributed by atoms with Crippen LogP contribution in [0.3, 0.4) is 0 Å². The molecule has 194 valence electrons. The number of piperazine rings is 1. The molecule has 2 aromatic carbocycles. The lowest BCUT2D eigenvalue weighted by molar-refractivity contribution is 0.0984. The van der Waals surface area contributed by atoms with Crippen molar-refractivity contribution in [3.05, 3.63) is 85.9 Å². The van der Waals surface area contributed by atoms with E-state index >= 15 is 0 Å². The SMILES string of the molecule is COCCn1nnnc1[C@H](c1cc2cc(C)cc(C)c2[nH]c1=O)N1CCN(Cc2ccc(Cl)cc2)CC1. The fourth-order valence-corrected chi connectivity index (χ4v) is 5.30. The van der Waals surface area contributed by atoms with E-state index in [9.17, 15) is 4.79 Å².